The molecule has 8 heteroatoms. The number of sulfone groups is 1. The Balaban J connectivity index is 2.06. The van der Waals surface area contributed by atoms with E-state index in [-0.39, 0.29) is 17.1 Å². The fourth-order valence-electron chi connectivity index (χ4n) is 2.13. The predicted molar refractivity (Wildman–Crippen MR) is 102 cm³/mol. The molecule has 0 bridgehead atoms. The topological polar surface area (TPSA) is 72.5 Å². The summed E-state index contributed by atoms with van der Waals surface area (Å²) in [7, 11) is -2.06. The standard InChI is InChI=1S/C17H17BrClNO4S/c1-11-9-15(16(24-2)10-14(11)19)20-17(21)7-8-25(22,23)13-5-3-12(18)4-6-13/h3-6,9-10H,7-8H2,1-2H3,(H,20,21). The molecule has 0 saturated carbocycles. The van der Waals surface area contributed by atoms with Gasteiger partial charge >= 0.3 is 0 Å². The molecule has 0 aliphatic rings. The first-order valence-corrected chi connectivity index (χ1v) is 10.2. The number of aryl methyl sites for hydroxylation is 1. The monoisotopic (exact) mass is 445 g/mol. The van der Waals surface area contributed by atoms with Gasteiger partial charge in [0, 0.05) is 22.0 Å². The van der Waals surface area contributed by atoms with Crippen LogP contribution in [0.4, 0.5) is 5.69 Å². The summed E-state index contributed by atoms with van der Waals surface area (Å²) < 4.78 is 30.5. The fourth-order valence-corrected chi connectivity index (χ4v) is 3.79. The molecule has 0 heterocycles. The van der Waals surface area contributed by atoms with E-state index in [1.54, 1.807) is 31.2 Å². The number of ether oxygens (including phenoxy) is 1. The average molecular weight is 447 g/mol. The third-order valence-electron chi connectivity index (χ3n) is 3.53. The minimum atomic E-state index is -3.53. The van der Waals surface area contributed by atoms with Crippen LogP contribution in [0.1, 0.15) is 12.0 Å². The second-order valence-corrected chi connectivity index (χ2v) is 8.80. The molecule has 25 heavy (non-hydrogen) atoms. The first-order valence-electron chi connectivity index (χ1n) is 7.35. The largest absolute Gasteiger partial charge is 0.495 e. The van der Waals surface area contributed by atoms with Crippen molar-refractivity contribution in [2.75, 3.05) is 18.2 Å². The SMILES string of the molecule is COc1cc(Cl)c(C)cc1NC(=O)CCS(=O)(=O)c1ccc(Br)cc1. The molecule has 0 unspecified atom stereocenters. The number of benzene rings is 2. The third kappa shape index (κ3) is 5.20. The summed E-state index contributed by atoms with van der Waals surface area (Å²) in [6, 6.07) is 9.59. The van der Waals surface area contributed by atoms with Crippen LogP contribution in [0.5, 0.6) is 5.75 Å². The van der Waals surface area contributed by atoms with Gasteiger partial charge in [-0.1, -0.05) is 27.5 Å². The zero-order chi connectivity index (χ0) is 18.6. The number of anilines is 1. The van der Waals surface area contributed by atoms with Gasteiger partial charge in [0.2, 0.25) is 5.91 Å². The van der Waals surface area contributed by atoms with Crippen LogP contribution >= 0.6 is 27.5 Å². The van der Waals surface area contributed by atoms with Gasteiger partial charge in [-0.3, -0.25) is 4.79 Å². The van der Waals surface area contributed by atoms with Crippen molar-refractivity contribution in [3.05, 3.63) is 51.5 Å². The van der Waals surface area contributed by atoms with Crippen LogP contribution in [0.15, 0.2) is 45.8 Å². The molecule has 0 aromatic heterocycles. The molecule has 0 atom stereocenters. The van der Waals surface area contributed by atoms with Crippen LogP contribution in [0.3, 0.4) is 0 Å². The zero-order valence-electron chi connectivity index (χ0n) is 13.7. The predicted octanol–water partition coefficient (Wildman–Crippen LogP) is 4.22. The van der Waals surface area contributed by atoms with Gasteiger partial charge in [0.1, 0.15) is 5.75 Å². The van der Waals surface area contributed by atoms with Crippen LogP contribution in [0, 0.1) is 6.92 Å². The van der Waals surface area contributed by atoms with Gasteiger partial charge < -0.3 is 10.1 Å². The van der Waals surface area contributed by atoms with Gasteiger partial charge in [0.15, 0.2) is 9.84 Å². The zero-order valence-corrected chi connectivity index (χ0v) is 16.8. The van der Waals surface area contributed by atoms with Crippen LogP contribution in [-0.4, -0.2) is 27.2 Å². The van der Waals surface area contributed by atoms with Gasteiger partial charge in [-0.05, 0) is 42.8 Å². The first kappa shape index (κ1) is 19.8. The lowest BCUT2D eigenvalue weighted by molar-refractivity contribution is -0.115. The van der Waals surface area contributed by atoms with E-state index < -0.39 is 15.7 Å². The quantitative estimate of drug-likeness (QED) is 0.721. The van der Waals surface area contributed by atoms with E-state index in [9.17, 15) is 13.2 Å². The van der Waals surface area contributed by atoms with Crippen molar-refractivity contribution in [2.24, 2.45) is 0 Å². The summed E-state index contributed by atoms with van der Waals surface area (Å²) in [6.45, 7) is 1.80. The molecular weight excluding hydrogens is 430 g/mol. The van der Waals surface area contributed by atoms with Gasteiger partial charge in [0.25, 0.3) is 0 Å². The molecule has 0 fully saturated rings. The molecule has 5 nitrogen and oxygen atoms in total. The average Bonchev–Trinajstić information content (AvgIpc) is 2.56. The Hall–Kier alpha value is -1.57. The highest BCUT2D eigenvalue weighted by molar-refractivity contribution is 9.10. The van der Waals surface area contributed by atoms with E-state index >= 15 is 0 Å². The second kappa shape index (κ2) is 8.21. The molecule has 134 valence electrons. The summed E-state index contributed by atoms with van der Waals surface area (Å²) in [4.78, 5) is 12.3. The van der Waals surface area contributed by atoms with E-state index in [0.717, 1.165) is 10.0 Å². The Morgan fingerprint density at radius 2 is 1.88 bits per heavy atom. The minimum Gasteiger partial charge on any atom is -0.495 e. The Morgan fingerprint density at radius 1 is 1.24 bits per heavy atom. The minimum absolute atomic E-state index is 0.163. The van der Waals surface area contributed by atoms with Crippen molar-refractivity contribution in [1.29, 1.82) is 0 Å². The number of nitrogens with one attached hydrogen (secondary N) is 1. The number of carbonyl (C=O) groups excluding carboxylic acids is 1. The highest BCUT2D eigenvalue weighted by Crippen LogP contribution is 2.31. The second-order valence-electron chi connectivity index (χ2n) is 5.37. The summed E-state index contributed by atoms with van der Waals surface area (Å²) in [5.74, 6) is -0.282. The van der Waals surface area contributed by atoms with E-state index in [1.165, 1.54) is 19.2 Å². The molecule has 1 amide bonds. The highest BCUT2D eigenvalue weighted by Gasteiger charge is 2.17. The Kier molecular flexibility index (Phi) is 6.48. The van der Waals surface area contributed by atoms with Crippen molar-refractivity contribution in [3.63, 3.8) is 0 Å². The highest BCUT2D eigenvalue weighted by atomic mass is 79.9. The maximum atomic E-state index is 12.3. The van der Waals surface area contributed by atoms with Crippen molar-refractivity contribution in [1.82, 2.24) is 0 Å². The van der Waals surface area contributed by atoms with Crippen LogP contribution in [0.25, 0.3) is 0 Å². The smallest absolute Gasteiger partial charge is 0.225 e. The van der Waals surface area contributed by atoms with Crippen LogP contribution < -0.4 is 10.1 Å². The molecule has 2 rings (SSSR count). The van der Waals surface area contributed by atoms with Crippen LogP contribution in [-0.2, 0) is 14.6 Å². The van der Waals surface area contributed by atoms with Gasteiger partial charge in [-0.25, -0.2) is 8.42 Å². The number of carbonyl (C=O) groups is 1. The number of hydrogen-bond donors (Lipinski definition) is 1. The maximum absolute atomic E-state index is 12.3. The third-order valence-corrected chi connectivity index (χ3v) is 6.19. The fraction of sp³-hybridized carbons (Fsp3) is 0.235. The molecule has 2 aromatic carbocycles. The van der Waals surface area contributed by atoms with Gasteiger partial charge in [-0.2, -0.15) is 0 Å². The van der Waals surface area contributed by atoms with Crippen LogP contribution in [0.2, 0.25) is 5.02 Å². The van der Waals surface area contributed by atoms with Crippen molar-refractivity contribution in [3.8, 4) is 5.75 Å². The number of rotatable bonds is 6. The lowest BCUT2D eigenvalue weighted by Crippen LogP contribution is -2.18. The summed E-state index contributed by atoms with van der Waals surface area (Å²) >= 11 is 9.28. The molecule has 0 aliphatic heterocycles. The molecule has 0 spiro atoms. The van der Waals surface area contributed by atoms with Crippen molar-refractivity contribution >= 4 is 49.0 Å². The number of methoxy groups -OCH3 is 1. The lowest BCUT2D eigenvalue weighted by Gasteiger charge is -2.12. The van der Waals surface area contributed by atoms with E-state index in [2.05, 4.69) is 21.2 Å². The molecule has 1 N–H and O–H groups in total. The summed E-state index contributed by atoms with van der Waals surface area (Å²) in [5, 5.41) is 3.19. The van der Waals surface area contributed by atoms with Crippen molar-refractivity contribution in [2.45, 2.75) is 18.2 Å². The molecular formula is C17H17BrClNO4S. The Labute approximate surface area is 160 Å². The van der Waals surface area contributed by atoms with Gasteiger partial charge in [-0.15, -0.1) is 0 Å². The van der Waals surface area contributed by atoms with Gasteiger partial charge in [0.05, 0.1) is 23.4 Å². The van der Waals surface area contributed by atoms with E-state index in [1.807, 2.05) is 0 Å². The molecule has 0 radical (unpaired) electrons. The summed E-state index contributed by atoms with van der Waals surface area (Å²) in [6.07, 6.45) is -0.163. The van der Waals surface area contributed by atoms with E-state index in [0.29, 0.717) is 16.5 Å². The maximum Gasteiger partial charge on any atom is 0.225 e. The summed E-state index contributed by atoms with van der Waals surface area (Å²) in [5.41, 5.74) is 1.23. The Morgan fingerprint density at radius 3 is 2.48 bits per heavy atom. The number of amides is 1. The molecule has 0 aliphatic carbocycles. The Bertz CT molecular complexity index is 882. The first-order chi connectivity index (χ1) is 11.7. The molecule has 0 saturated heterocycles. The van der Waals surface area contributed by atoms with Crippen molar-refractivity contribution < 1.29 is 17.9 Å². The normalized spacial score (nSPS) is 11.2. The lowest BCUT2D eigenvalue weighted by atomic mass is 10.2. The van der Waals surface area contributed by atoms with E-state index in [4.69, 9.17) is 16.3 Å². The molecule has 2 aromatic rings. The number of halogens is 2. The number of hydrogen-bond acceptors (Lipinski definition) is 4.